The van der Waals surface area contributed by atoms with E-state index in [0.29, 0.717) is 5.82 Å². The number of aromatic nitrogens is 8. The molecule has 94 valence electrons. The van der Waals surface area contributed by atoms with Crippen molar-refractivity contribution in [1.29, 1.82) is 0 Å². The SMILES string of the molecule is C(=N\Nc1nn[nH]n1)/c1nnnn1-c1ccccc1. The first-order valence-electron chi connectivity index (χ1n) is 5.30. The molecular weight excluding hydrogens is 248 g/mol. The van der Waals surface area contributed by atoms with Crippen LogP contribution >= 0.6 is 0 Å². The highest BCUT2D eigenvalue weighted by Gasteiger charge is 2.04. The van der Waals surface area contributed by atoms with Gasteiger partial charge in [-0.15, -0.1) is 10.2 Å². The number of benzene rings is 1. The van der Waals surface area contributed by atoms with Gasteiger partial charge >= 0.3 is 0 Å². The monoisotopic (exact) mass is 256 g/mol. The molecule has 0 aliphatic heterocycles. The molecule has 0 fully saturated rings. The molecular formula is C9H8N10. The highest BCUT2D eigenvalue weighted by molar-refractivity contribution is 5.75. The van der Waals surface area contributed by atoms with Crippen molar-refractivity contribution < 1.29 is 0 Å². The standard InChI is InChI=1S/C9H8N10/c1-2-4-7(5-3-1)19-8(11-17-18-19)6-10-12-9-13-15-16-14-9/h1-6H,(H2,12,13,14,15,16)/b10-6+. The number of aromatic amines is 1. The number of nitrogens with zero attached hydrogens (tertiary/aromatic N) is 8. The summed E-state index contributed by atoms with van der Waals surface area (Å²) < 4.78 is 1.56. The maximum absolute atomic E-state index is 3.92. The molecule has 0 atom stereocenters. The first-order chi connectivity index (χ1) is 9.43. The molecule has 19 heavy (non-hydrogen) atoms. The van der Waals surface area contributed by atoms with Crippen LogP contribution in [-0.2, 0) is 0 Å². The lowest BCUT2D eigenvalue weighted by atomic mass is 10.3. The van der Waals surface area contributed by atoms with E-state index >= 15 is 0 Å². The summed E-state index contributed by atoms with van der Waals surface area (Å²) >= 11 is 0. The number of hydrogen-bond donors (Lipinski definition) is 2. The third kappa shape index (κ3) is 2.41. The van der Waals surface area contributed by atoms with Crippen LogP contribution in [-0.4, -0.2) is 47.0 Å². The van der Waals surface area contributed by atoms with E-state index in [0.717, 1.165) is 5.69 Å². The van der Waals surface area contributed by atoms with Crippen LogP contribution in [0.2, 0.25) is 0 Å². The molecule has 2 aromatic heterocycles. The molecule has 3 rings (SSSR count). The minimum absolute atomic E-state index is 0.259. The summed E-state index contributed by atoms with van der Waals surface area (Å²) in [5.74, 6) is 0.734. The van der Waals surface area contributed by atoms with Crippen molar-refractivity contribution in [2.75, 3.05) is 5.43 Å². The van der Waals surface area contributed by atoms with Crippen LogP contribution < -0.4 is 5.43 Å². The van der Waals surface area contributed by atoms with Gasteiger partial charge in [0.05, 0.1) is 11.9 Å². The van der Waals surface area contributed by atoms with Crippen molar-refractivity contribution in [2.24, 2.45) is 5.10 Å². The van der Waals surface area contributed by atoms with Crippen LogP contribution in [0.1, 0.15) is 5.82 Å². The predicted octanol–water partition coefficient (Wildman–Crippen LogP) is -0.379. The number of hydrogen-bond acceptors (Lipinski definition) is 8. The van der Waals surface area contributed by atoms with Crippen LogP contribution in [0.5, 0.6) is 0 Å². The molecule has 0 saturated carbocycles. The highest BCUT2D eigenvalue weighted by Crippen LogP contribution is 2.05. The molecule has 0 unspecified atom stereocenters. The van der Waals surface area contributed by atoms with Crippen molar-refractivity contribution in [1.82, 2.24) is 40.8 Å². The van der Waals surface area contributed by atoms with Gasteiger partial charge in [-0.05, 0) is 27.8 Å². The minimum Gasteiger partial charge on any atom is -0.242 e. The summed E-state index contributed by atoms with van der Waals surface area (Å²) in [5, 5.41) is 28.3. The Morgan fingerprint density at radius 3 is 2.89 bits per heavy atom. The molecule has 0 spiro atoms. The molecule has 0 aliphatic rings. The van der Waals surface area contributed by atoms with Gasteiger partial charge in [0.1, 0.15) is 0 Å². The number of para-hydroxylation sites is 1. The van der Waals surface area contributed by atoms with Gasteiger partial charge in [-0.2, -0.15) is 15.0 Å². The maximum atomic E-state index is 3.92. The van der Waals surface area contributed by atoms with Gasteiger partial charge in [-0.3, -0.25) is 0 Å². The third-order valence-corrected chi connectivity index (χ3v) is 2.18. The Hall–Kier alpha value is -3.17. The van der Waals surface area contributed by atoms with Crippen LogP contribution in [0.25, 0.3) is 5.69 Å². The van der Waals surface area contributed by atoms with E-state index in [1.807, 2.05) is 30.3 Å². The summed E-state index contributed by atoms with van der Waals surface area (Å²) in [5.41, 5.74) is 3.43. The number of rotatable bonds is 4. The predicted molar refractivity (Wildman–Crippen MR) is 64.5 cm³/mol. The fourth-order valence-electron chi connectivity index (χ4n) is 1.38. The summed E-state index contributed by atoms with van der Waals surface area (Å²) in [6.07, 6.45) is 1.46. The minimum atomic E-state index is 0.259. The van der Waals surface area contributed by atoms with Gasteiger partial charge in [0.2, 0.25) is 0 Å². The van der Waals surface area contributed by atoms with E-state index in [4.69, 9.17) is 0 Å². The van der Waals surface area contributed by atoms with Crippen LogP contribution in [0, 0.1) is 0 Å². The number of tetrazole rings is 2. The Morgan fingerprint density at radius 1 is 1.21 bits per heavy atom. The average molecular weight is 256 g/mol. The molecule has 2 N–H and O–H groups in total. The van der Waals surface area contributed by atoms with Crippen LogP contribution in [0.3, 0.4) is 0 Å². The molecule has 3 aromatic rings. The Bertz CT molecular complexity index is 655. The molecule has 2 heterocycles. The molecule has 10 nitrogen and oxygen atoms in total. The van der Waals surface area contributed by atoms with E-state index < -0.39 is 0 Å². The Balaban J connectivity index is 1.79. The molecule has 0 aliphatic carbocycles. The van der Waals surface area contributed by atoms with Gasteiger partial charge in [-0.1, -0.05) is 23.3 Å². The summed E-state index contributed by atoms with van der Waals surface area (Å²) in [7, 11) is 0. The van der Waals surface area contributed by atoms with E-state index in [1.54, 1.807) is 4.68 Å². The van der Waals surface area contributed by atoms with Gasteiger partial charge in [0.25, 0.3) is 5.95 Å². The second kappa shape index (κ2) is 5.00. The Kier molecular flexibility index (Phi) is 2.88. The zero-order chi connectivity index (χ0) is 12.9. The quantitative estimate of drug-likeness (QED) is 0.481. The maximum Gasteiger partial charge on any atom is 0.283 e. The molecule has 0 amide bonds. The highest BCUT2D eigenvalue weighted by atomic mass is 15.6. The molecule has 10 heteroatoms. The number of anilines is 1. The molecule has 0 saturated heterocycles. The lowest BCUT2D eigenvalue weighted by molar-refractivity contribution is 0.787. The van der Waals surface area contributed by atoms with Crippen LogP contribution in [0.4, 0.5) is 5.95 Å². The van der Waals surface area contributed by atoms with Crippen molar-refractivity contribution in [3.63, 3.8) is 0 Å². The largest absolute Gasteiger partial charge is 0.283 e. The first kappa shape index (κ1) is 11.0. The third-order valence-electron chi connectivity index (χ3n) is 2.18. The fraction of sp³-hybridized carbons (Fsp3) is 0. The van der Waals surface area contributed by atoms with Crippen molar-refractivity contribution in [2.45, 2.75) is 0 Å². The van der Waals surface area contributed by atoms with E-state index in [1.165, 1.54) is 6.21 Å². The Morgan fingerprint density at radius 2 is 2.11 bits per heavy atom. The smallest absolute Gasteiger partial charge is 0.242 e. The first-order valence-corrected chi connectivity index (χ1v) is 5.30. The molecule has 1 aromatic carbocycles. The van der Waals surface area contributed by atoms with Gasteiger partial charge in [0.15, 0.2) is 5.82 Å². The number of nitrogens with one attached hydrogen (secondary N) is 2. The summed E-state index contributed by atoms with van der Waals surface area (Å²) in [6.45, 7) is 0. The Labute approximate surface area is 106 Å². The fourth-order valence-corrected chi connectivity index (χ4v) is 1.38. The summed E-state index contributed by atoms with van der Waals surface area (Å²) in [6, 6.07) is 9.49. The second-order valence-electron chi connectivity index (χ2n) is 3.39. The molecule has 0 radical (unpaired) electrons. The van der Waals surface area contributed by atoms with Gasteiger partial charge in [-0.25, -0.2) is 5.43 Å². The normalized spacial score (nSPS) is 10.9. The van der Waals surface area contributed by atoms with Crippen molar-refractivity contribution in [3.8, 4) is 5.69 Å². The number of H-pyrrole nitrogens is 1. The van der Waals surface area contributed by atoms with Gasteiger partial charge in [0, 0.05) is 0 Å². The van der Waals surface area contributed by atoms with Crippen molar-refractivity contribution >= 4 is 12.2 Å². The zero-order valence-electron chi connectivity index (χ0n) is 9.54. The summed E-state index contributed by atoms with van der Waals surface area (Å²) in [4.78, 5) is 0. The number of hydrazone groups is 1. The average Bonchev–Trinajstić information content (AvgIpc) is 3.11. The molecule has 0 bridgehead atoms. The second-order valence-corrected chi connectivity index (χ2v) is 3.39. The van der Waals surface area contributed by atoms with Crippen molar-refractivity contribution in [3.05, 3.63) is 36.2 Å². The van der Waals surface area contributed by atoms with E-state index in [-0.39, 0.29) is 5.95 Å². The lowest BCUT2D eigenvalue weighted by Gasteiger charge is -1.99. The van der Waals surface area contributed by atoms with E-state index in [9.17, 15) is 0 Å². The topological polar surface area (TPSA) is 122 Å². The van der Waals surface area contributed by atoms with Crippen LogP contribution in [0.15, 0.2) is 35.4 Å². The van der Waals surface area contributed by atoms with E-state index in [2.05, 4.69) is 46.7 Å². The lowest BCUT2D eigenvalue weighted by Crippen LogP contribution is -2.03. The van der Waals surface area contributed by atoms with Gasteiger partial charge < -0.3 is 0 Å². The zero-order valence-corrected chi connectivity index (χ0v) is 9.54.